The van der Waals surface area contributed by atoms with Gasteiger partial charge >= 0.3 is 0 Å². The molecule has 0 radical (unpaired) electrons. The molecule has 6 nitrogen and oxygen atoms in total. The maximum absolute atomic E-state index is 10.6. The standard InChI is InChI=1S/C11H14N4O2/c1-3-14(6-4-5-12)11-9(2)7-10(8-13-11)15(16)17/h7-8H,3-4,6H2,1-2H3. The van der Waals surface area contributed by atoms with E-state index >= 15 is 0 Å². The molecule has 0 bridgehead atoms. The van der Waals surface area contributed by atoms with Gasteiger partial charge in [0.25, 0.3) is 5.69 Å². The lowest BCUT2D eigenvalue weighted by molar-refractivity contribution is -0.385. The van der Waals surface area contributed by atoms with Gasteiger partial charge < -0.3 is 4.90 Å². The minimum atomic E-state index is -0.463. The molecular weight excluding hydrogens is 220 g/mol. The largest absolute Gasteiger partial charge is 0.356 e. The molecule has 0 aliphatic carbocycles. The van der Waals surface area contributed by atoms with Gasteiger partial charge in [-0.15, -0.1) is 0 Å². The number of anilines is 1. The molecule has 0 saturated heterocycles. The maximum Gasteiger partial charge on any atom is 0.287 e. The van der Waals surface area contributed by atoms with Crippen LogP contribution in [0, 0.1) is 28.4 Å². The highest BCUT2D eigenvalue weighted by molar-refractivity contribution is 5.50. The molecule has 0 amide bonds. The third kappa shape index (κ3) is 3.14. The molecule has 0 aromatic carbocycles. The molecule has 0 N–H and O–H groups in total. The van der Waals surface area contributed by atoms with Crippen LogP contribution >= 0.6 is 0 Å². The molecule has 1 heterocycles. The third-order valence-electron chi connectivity index (χ3n) is 2.42. The summed E-state index contributed by atoms with van der Waals surface area (Å²) >= 11 is 0. The van der Waals surface area contributed by atoms with E-state index in [0.717, 1.165) is 5.56 Å². The van der Waals surface area contributed by atoms with Crippen molar-refractivity contribution in [2.75, 3.05) is 18.0 Å². The molecule has 0 unspecified atom stereocenters. The topological polar surface area (TPSA) is 83.1 Å². The number of nitrogens with zero attached hydrogens (tertiary/aromatic N) is 4. The number of aromatic nitrogens is 1. The van der Waals surface area contributed by atoms with Crippen molar-refractivity contribution in [3.63, 3.8) is 0 Å². The second-order valence-electron chi connectivity index (χ2n) is 3.58. The van der Waals surface area contributed by atoms with Crippen molar-refractivity contribution >= 4 is 11.5 Å². The summed E-state index contributed by atoms with van der Waals surface area (Å²) in [5.74, 6) is 0.702. The Bertz CT molecular complexity index is 453. The average molecular weight is 234 g/mol. The van der Waals surface area contributed by atoms with E-state index in [9.17, 15) is 10.1 Å². The highest BCUT2D eigenvalue weighted by Gasteiger charge is 2.13. The summed E-state index contributed by atoms with van der Waals surface area (Å²) < 4.78 is 0. The van der Waals surface area contributed by atoms with Gasteiger partial charge in [-0.3, -0.25) is 10.1 Å². The zero-order valence-corrected chi connectivity index (χ0v) is 9.88. The maximum atomic E-state index is 10.6. The van der Waals surface area contributed by atoms with Crippen LogP contribution in [0.25, 0.3) is 0 Å². The first-order chi connectivity index (χ1) is 8.10. The SMILES string of the molecule is CCN(CCC#N)c1ncc([N+](=O)[O-])cc1C. The van der Waals surface area contributed by atoms with E-state index in [0.29, 0.717) is 25.3 Å². The van der Waals surface area contributed by atoms with Gasteiger partial charge in [0, 0.05) is 19.2 Å². The van der Waals surface area contributed by atoms with Crippen molar-refractivity contribution in [3.05, 3.63) is 27.9 Å². The highest BCUT2D eigenvalue weighted by atomic mass is 16.6. The molecule has 0 saturated carbocycles. The summed E-state index contributed by atoms with van der Waals surface area (Å²) in [5.41, 5.74) is 0.738. The zero-order valence-electron chi connectivity index (χ0n) is 9.88. The van der Waals surface area contributed by atoms with Gasteiger partial charge in [0.1, 0.15) is 12.0 Å². The van der Waals surface area contributed by atoms with Crippen molar-refractivity contribution in [3.8, 4) is 6.07 Å². The molecule has 90 valence electrons. The van der Waals surface area contributed by atoms with Gasteiger partial charge in [-0.05, 0) is 19.4 Å². The lowest BCUT2D eigenvalue weighted by atomic mass is 10.2. The molecule has 1 rings (SSSR count). The first kappa shape index (κ1) is 12.9. The Balaban J connectivity index is 2.97. The number of aryl methyl sites for hydroxylation is 1. The Kier molecular flexibility index (Phi) is 4.40. The van der Waals surface area contributed by atoms with Crippen LogP contribution < -0.4 is 4.90 Å². The van der Waals surface area contributed by atoms with Crippen LogP contribution in [0.15, 0.2) is 12.3 Å². The van der Waals surface area contributed by atoms with Gasteiger partial charge in [-0.2, -0.15) is 5.26 Å². The van der Waals surface area contributed by atoms with Crippen molar-refractivity contribution in [1.82, 2.24) is 4.98 Å². The monoisotopic (exact) mass is 234 g/mol. The molecule has 0 aliphatic rings. The van der Waals surface area contributed by atoms with Crippen molar-refractivity contribution in [1.29, 1.82) is 5.26 Å². The van der Waals surface area contributed by atoms with E-state index in [1.807, 2.05) is 11.8 Å². The molecule has 0 spiro atoms. The number of nitriles is 1. The van der Waals surface area contributed by atoms with Gasteiger partial charge in [0.05, 0.1) is 17.4 Å². The quantitative estimate of drug-likeness (QED) is 0.575. The van der Waals surface area contributed by atoms with Gasteiger partial charge in [0.15, 0.2) is 0 Å². The van der Waals surface area contributed by atoms with E-state index in [-0.39, 0.29) is 5.69 Å². The van der Waals surface area contributed by atoms with Crippen LogP contribution in [0.2, 0.25) is 0 Å². The predicted molar refractivity (Wildman–Crippen MR) is 63.7 cm³/mol. The van der Waals surface area contributed by atoms with Gasteiger partial charge in [-0.25, -0.2) is 4.98 Å². The molecule has 1 aromatic heterocycles. The molecule has 1 aromatic rings. The minimum absolute atomic E-state index is 0.0115. The van der Waals surface area contributed by atoms with E-state index in [1.165, 1.54) is 12.3 Å². The van der Waals surface area contributed by atoms with E-state index in [2.05, 4.69) is 11.1 Å². The second kappa shape index (κ2) is 5.80. The summed E-state index contributed by atoms with van der Waals surface area (Å²) in [7, 11) is 0. The molecular formula is C11H14N4O2. The summed E-state index contributed by atoms with van der Waals surface area (Å²) in [6.45, 7) is 5.04. The lowest BCUT2D eigenvalue weighted by Crippen LogP contribution is -2.25. The Morgan fingerprint density at radius 1 is 1.65 bits per heavy atom. The van der Waals surface area contributed by atoms with Crippen LogP contribution in [0.1, 0.15) is 18.9 Å². The Morgan fingerprint density at radius 2 is 2.35 bits per heavy atom. The van der Waals surface area contributed by atoms with E-state index in [1.54, 1.807) is 6.92 Å². The smallest absolute Gasteiger partial charge is 0.287 e. The second-order valence-corrected chi connectivity index (χ2v) is 3.58. The fourth-order valence-corrected chi connectivity index (χ4v) is 1.58. The van der Waals surface area contributed by atoms with Gasteiger partial charge in [-0.1, -0.05) is 0 Å². The third-order valence-corrected chi connectivity index (χ3v) is 2.42. The number of hydrogen-bond donors (Lipinski definition) is 0. The van der Waals surface area contributed by atoms with Crippen LogP contribution in [0.3, 0.4) is 0 Å². The molecule has 0 fully saturated rings. The van der Waals surface area contributed by atoms with Crippen LogP contribution in [-0.2, 0) is 0 Å². The average Bonchev–Trinajstić information content (AvgIpc) is 2.31. The zero-order chi connectivity index (χ0) is 12.8. The van der Waals surface area contributed by atoms with Crippen LogP contribution in [-0.4, -0.2) is 23.0 Å². The molecule has 0 atom stereocenters. The lowest BCUT2D eigenvalue weighted by Gasteiger charge is -2.22. The number of hydrogen-bond acceptors (Lipinski definition) is 5. The Labute approximate surface area is 99.6 Å². The van der Waals surface area contributed by atoms with Crippen molar-refractivity contribution < 1.29 is 4.92 Å². The summed E-state index contributed by atoms with van der Waals surface area (Å²) in [5, 5.41) is 19.1. The van der Waals surface area contributed by atoms with E-state index < -0.39 is 4.92 Å². The first-order valence-corrected chi connectivity index (χ1v) is 5.33. The molecule has 0 aliphatic heterocycles. The van der Waals surface area contributed by atoms with E-state index in [4.69, 9.17) is 5.26 Å². The minimum Gasteiger partial charge on any atom is -0.356 e. The van der Waals surface area contributed by atoms with Gasteiger partial charge in [0.2, 0.25) is 0 Å². The van der Waals surface area contributed by atoms with Crippen LogP contribution in [0.4, 0.5) is 11.5 Å². The normalized spacial score (nSPS) is 9.71. The first-order valence-electron chi connectivity index (χ1n) is 5.33. The number of pyridine rings is 1. The predicted octanol–water partition coefficient (Wildman–Crippen LogP) is 2.04. The number of nitro groups is 1. The fourth-order valence-electron chi connectivity index (χ4n) is 1.58. The summed E-state index contributed by atoms with van der Waals surface area (Å²) in [6, 6.07) is 3.57. The molecule has 17 heavy (non-hydrogen) atoms. The van der Waals surface area contributed by atoms with Crippen LogP contribution in [0.5, 0.6) is 0 Å². The fraction of sp³-hybridized carbons (Fsp3) is 0.455. The highest BCUT2D eigenvalue weighted by Crippen LogP contribution is 2.21. The molecule has 6 heteroatoms. The summed E-state index contributed by atoms with van der Waals surface area (Å²) in [4.78, 5) is 16.2. The summed E-state index contributed by atoms with van der Waals surface area (Å²) in [6.07, 6.45) is 1.66. The van der Waals surface area contributed by atoms with Crippen molar-refractivity contribution in [2.45, 2.75) is 20.3 Å². The van der Waals surface area contributed by atoms with Crippen molar-refractivity contribution in [2.24, 2.45) is 0 Å². The Morgan fingerprint density at radius 3 is 2.82 bits per heavy atom. The Hall–Kier alpha value is -2.16. The number of rotatable bonds is 5.